The number of benzene rings is 1. The van der Waals surface area contributed by atoms with Gasteiger partial charge in [-0.2, -0.15) is 0 Å². The largest absolute Gasteiger partial charge is 0.512 e. The number of allylic oxidation sites excluding steroid dienone is 2. The number of rotatable bonds is 2. The Kier molecular flexibility index (Phi) is 7.56. The van der Waals surface area contributed by atoms with Gasteiger partial charge in [-0.3, -0.25) is 4.79 Å². The van der Waals surface area contributed by atoms with Gasteiger partial charge in [0.25, 0.3) is 0 Å². The number of aliphatic hydroxyl groups excluding tert-OH is 1. The van der Waals surface area contributed by atoms with Crippen LogP contribution in [0, 0.1) is 13.0 Å². The van der Waals surface area contributed by atoms with Gasteiger partial charge in [0, 0.05) is 37.8 Å². The number of aromatic nitrogens is 1. The Bertz CT molecular complexity index is 831. The van der Waals surface area contributed by atoms with Gasteiger partial charge in [0.1, 0.15) is 5.58 Å². The van der Waals surface area contributed by atoms with Crippen LogP contribution in [0.1, 0.15) is 19.4 Å². The normalized spacial score (nSPS) is 10.5. The summed E-state index contributed by atoms with van der Waals surface area (Å²) in [5.41, 5.74) is 3.98. The summed E-state index contributed by atoms with van der Waals surface area (Å²) in [6.45, 7) is 4.90. The molecule has 1 N–H and O–H groups in total. The third-order valence-corrected chi connectivity index (χ3v) is 3.02. The second kappa shape index (κ2) is 9.16. The number of ketones is 1. The van der Waals surface area contributed by atoms with E-state index in [0.717, 1.165) is 22.2 Å². The number of carbonyl (C=O) groups is 1. The van der Waals surface area contributed by atoms with E-state index >= 15 is 0 Å². The molecule has 0 aliphatic rings. The Labute approximate surface area is 154 Å². The molecular weight excluding hydrogens is 482 g/mol. The maximum Gasteiger partial charge on any atom is 0.155 e. The number of pyridine rings is 1. The fraction of sp³-hybridized carbons (Fsp3) is 0.158. The van der Waals surface area contributed by atoms with E-state index in [1.165, 1.54) is 25.5 Å². The number of hydrogen-bond donors (Lipinski definition) is 1. The number of nitrogens with zero attached hydrogens (tertiary/aromatic N) is 1. The Morgan fingerprint density at radius 2 is 2.00 bits per heavy atom. The first-order valence-corrected chi connectivity index (χ1v) is 7.16. The molecule has 0 unspecified atom stereocenters. The van der Waals surface area contributed by atoms with Crippen LogP contribution in [0.4, 0.5) is 0 Å². The predicted octanol–water partition coefficient (Wildman–Crippen LogP) is 4.64. The van der Waals surface area contributed by atoms with Crippen molar-refractivity contribution in [1.82, 2.24) is 4.98 Å². The first kappa shape index (κ1) is 19.8. The Hall–Kier alpha value is -2.23. The van der Waals surface area contributed by atoms with Crippen LogP contribution in [0.2, 0.25) is 0 Å². The van der Waals surface area contributed by atoms with Crippen molar-refractivity contribution in [3.63, 3.8) is 0 Å². The van der Waals surface area contributed by atoms with Gasteiger partial charge < -0.3 is 14.5 Å². The molecule has 2 aromatic heterocycles. The predicted molar refractivity (Wildman–Crippen MR) is 90.1 cm³/mol. The van der Waals surface area contributed by atoms with Gasteiger partial charge in [0.2, 0.25) is 0 Å². The quantitative estimate of drug-likeness (QED) is 0.316. The Morgan fingerprint density at radius 3 is 2.54 bits per heavy atom. The third kappa shape index (κ3) is 5.44. The molecule has 0 saturated carbocycles. The van der Waals surface area contributed by atoms with Crippen molar-refractivity contribution < 1.29 is 34.4 Å². The van der Waals surface area contributed by atoms with E-state index in [1.54, 1.807) is 12.5 Å². The van der Waals surface area contributed by atoms with E-state index < -0.39 is 0 Å². The molecule has 0 aliphatic heterocycles. The van der Waals surface area contributed by atoms with Crippen LogP contribution in [-0.4, -0.2) is 15.9 Å². The van der Waals surface area contributed by atoms with Gasteiger partial charge in [0.15, 0.2) is 5.78 Å². The van der Waals surface area contributed by atoms with Crippen LogP contribution in [0.5, 0.6) is 0 Å². The maximum atomic E-state index is 10.0. The van der Waals surface area contributed by atoms with E-state index in [9.17, 15) is 4.79 Å². The molecular formula is C19H18IrNO3-. The minimum absolute atomic E-state index is 0. The topological polar surface area (TPSA) is 63.3 Å². The van der Waals surface area contributed by atoms with Crippen molar-refractivity contribution in [3.05, 3.63) is 66.3 Å². The summed E-state index contributed by atoms with van der Waals surface area (Å²) < 4.78 is 5.35. The third-order valence-electron chi connectivity index (χ3n) is 3.02. The minimum atomic E-state index is -0.125. The summed E-state index contributed by atoms with van der Waals surface area (Å²) >= 11 is 0. The smallest absolute Gasteiger partial charge is 0.155 e. The number of carbonyl (C=O) groups excluding carboxylic acids is 1. The van der Waals surface area contributed by atoms with Crippen LogP contribution in [0.15, 0.2) is 59.0 Å². The second-order valence-electron chi connectivity index (χ2n) is 5.17. The van der Waals surface area contributed by atoms with E-state index in [2.05, 4.69) is 17.1 Å². The van der Waals surface area contributed by atoms with Crippen LogP contribution in [0.3, 0.4) is 0 Å². The van der Waals surface area contributed by atoms with Gasteiger partial charge in [-0.25, -0.2) is 0 Å². The van der Waals surface area contributed by atoms with Crippen LogP contribution in [-0.2, 0) is 24.9 Å². The molecule has 4 nitrogen and oxygen atoms in total. The molecule has 0 atom stereocenters. The molecule has 24 heavy (non-hydrogen) atoms. The summed E-state index contributed by atoms with van der Waals surface area (Å²) in [7, 11) is 0. The zero-order valence-electron chi connectivity index (χ0n) is 13.7. The van der Waals surface area contributed by atoms with E-state index in [0.29, 0.717) is 0 Å². The minimum Gasteiger partial charge on any atom is -0.512 e. The van der Waals surface area contributed by atoms with Crippen LogP contribution in [0.25, 0.3) is 22.2 Å². The molecule has 2 heterocycles. The summed E-state index contributed by atoms with van der Waals surface area (Å²) in [5.74, 6) is -0.0625. The summed E-state index contributed by atoms with van der Waals surface area (Å²) in [5, 5.41) is 9.39. The molecule has 0 spiro atoms. The van der Waals surface area contributed by atoms with Crippen molar-refractivity contribution in [2.75, 3.05) is 0 Å². The van der Waals surface area contributed by atoms with Gasteiger partial charge >= 0.3 is 0 Å². The van der Waals surface area contributed by atoms with Crippen molar-refractivity contribution in [2.24, 2.45) is 0 Å². The van der Waals surface area contributed by atoms with E-state index in [1.807, 2.05) is 31.2 Å². The molecule has 0 saturated heterocycles. The first-order chi connectivity index (χ1) is 11.0. The molecule has 0 bridgehead atoms. The van der Waals surface area contributed by atoms with Crippen molar-refractivity contribution >= 4 is 16.8 Å². The first-order valence-electron chi connectivity index (χ1n) is 7.16. The number of aryl methyl sites for hydroxylation is 1. The Balaban J connectivity index is 0.000000312. The molecule has 3 rings (SSSR count). The molecule has 0 amide bonds. The van der Waals surface area contributed by atoms with Gasteiger partial charge in [-0.15, -0.1) is 35.4 Å². The average molecular weight is 501 g/mol. The number of fused-ring (bicyclic) bond motifs is 1. The number of hydrogen-bond acceptors (Lipinski definition) is 4. The Morgan fingerprint density at radius 1 is 1.25 bits per heavy atom. The fourth-order valence-corrected chi connectivity index (χ4v) is 2.05. The number of aliphatic hydroxyl groups is 1. The van der Waals surface area contributed by atoms with Crippen molar-refractivity contribution in [2.45, 2.75) is 20.8 Å². The zero-order valence-corrected chi connectivity index (χ0v) is 16.1. The van der Waals surface area contributed by atoms with Crippen molar-refractivity contribution in [3.8, 4) is 11.3 Å². The molecule has 0 aliphatic carbocycles. The maximum absolute atomic E-state index is 10.0. The average Bonchev–Trinajstić information content (AvgIpc) is 2.95. The fourth-order valence-electron chi connectivity index (χ4n) is 2.05. The standard InChI is InChI=1S/C14H10NO.C5H8O2.Ir/c1-10-2-4-11(5-3-10)14-12-7-9-16-13(12)6-8-15-14;1-4(6)3-5(2)7;/h2-4,6-9H,1H3;3,6H,1-2H3;/q-1;;. The SMILES string of the molecule is CC(=O)C=C(C)O.Cc1c[c-]c(-c2nccc3occc23)cc1.[Ir]. The van der Waals surface area contributed by atoms with Crippen LogP contribution >= 0.6 is 0 Å². The molecule has 1 radical (unpaired) electrons. The van der Waals surface area contributed by atoms with Gasteiger partial charge in [-0.05, 0) is 31.7 Å². The summed E-state index contributed by atoms with van der Waals surface area (Å²) in [6.07, 6.45) is 4.61. The molecule has 3 aromatic rings. The van der Waals surface area contributed by atoms with Crippen molar-refractivity contribution in [1.29, 1.82) is 0 Å². The zero-order chi connectivity index (χ0) is 16.8. The number of furan rings is 1. The van der Waals surface area contributed by atoms with E-state index in [4.69, 9.17) is 9.52 Å². The molecule has 0 fully saturated rings. The molecule has 5 heteroatoms. The molecule has 1 aromatic carbocycles. The van der Waals surface area contributed by atoms with Gasteiger partial charge in [0.05, 0.1) is 12.0 Å². The summed E-state index contributed by atoms with van der Waals surface area (Å²) in [4.78, 5) is 14.4. The van der Waals surface area contributed by atoms with Gasteiger partial charge in [-0.1, -0.05) is 6.92 Å². The monoisotopic (exact) mass is 501 g/mol. The second-order valence-corrected chi connectivity index (χ2v) is 5.17. The molecule has 127 valence electrons. The van der Waals surface area contributed by atoms with E-state index in [-0.39, 0.29) is 31.6 Å². The van der Waals surface area contributed by atoms with Crippen LogP contribution < -0.4 is 0 Å². The summed E-state index contributed by atoms with van der Waals surface area (Å²) in [6, 6.07) is 13.1.